The second-order valence-corrected chi connectivity index (χ2v) is 6.62. The van der Waals surface area contributed by atoms with Crippen LogP contribution in [0.1, 0.15) is 70.3 Å². The van der Waals surface area contributed by atoms with Crippen molar-refractivity contribution in [2.24, 2.45) is 5.73 Å². The highest BCUT2D eigenvalue weighted by molar-refractivity contribution is 6.09. The molecule has 0 saturated carbocycles. The van der Waals surface area contributed by atoms with Gasteiger partial charge < -0.3 is 20.3 Å². The molecule has 2 aliphatic heterocycles. The SMILES string of the molecule is [2H]c1c([2H])c(-n2nc(C(N)=O)c3c2C(=O)N(c2c([2H])c([2H])c(N4CC([2H])([2H])C([2H])([2H])C([2H])([2H])C4=O)c([2H])c2[2H])C([2H])([2H])C3([2H])[2H])c([2H])c([2H])c1OC. The number of methoxy groups -OCH3 is 1. The summed E-state index contributed by atoms with van der Waals surface area (Å²) in [6.45, 7) is -5.05. The molecule has 5 rings (SSSR count). The van der Waals surface area contributed by atoms with Gasteiger partial charge >= 0.3 is 0 Å². The Bertz CT molecular complexity index is 2080. The molecule has 0 atom stereocenters. The van der Waals surface area contributed by atoms with Crippen LogP contribution in [-0.4, -0.2) is 47.7 Å². The molecule has 3 amide bonds. The Labute approximate surface area is 222 Å². The highest BCUT2D eigenvalue weighted by Crippen LogP contribution is 2.31. The minimum atomic E-state index is -3.75. The van der Waals surface area contributed by atoms with E-state index in [0.29, 0.717) is 4.68 Å². The number of aromatic nitrogens is 2. The van der Waals surface area contributed by atoms with Crippen LogP contribution in [0.4, 0.5) is 11.4 Å². The topological polar surface area (TPSA) is 111 Å². The van der Waals surface area contributed by atoms with Crippen LogP contribution in [-0.2, 0) is 11.2 Å². The van der Waals surface area contributed by atoms with Gasteiger partial charge in [0.05, 0.1) is 26.5 Å². The van der Waals surface area contributed by atoms with Crippen molar-refractivity contribution in [3.63, 3.8) is 0 Å². The summed E-state index contributed by atoms with van der Waals surface area (Å²) in [5, 5.41) is 3.79. The number of amides is 3. The van der Waals surface area contributed by atoms with Crippen LogP contribution in [0.15, 0.2) is 48.3 Å². The van der Waals surface area contributed by atoms with Gasteiger partial charge in [-0.3, -0.25) is 14.4 Å². The van der Waals surface area contributed by atoms with E-state index < -0.39 is 144 Å². The van der Waals surface area contributed by atoms with Gasteiger partial charge in [0.2, 0.25) is 5.91 Å². The van der Waals surface area contributed by atoms with Crippen LogP contribution in [0.25, 0.3) is 5.69 Å². The number of benzene rings is 2. The fraction of sp³-hybridized carbons (Fsp3) is 0.280. The van der Waals surface area contributed by atoms with Gasteiger partial charge in [-0.2, -0.15) is 5.10 Å². The van der Waals surface area contributed by atoms with Crippen molar-refractivity contribution in [2.45, 2.75) is 25.5 Å². The highest BCUT2D eigenvalue weighted by Gasteiger charge is 2.34. The standard InChI is InChI=1S/C25H25N5O4/c1-34-19-11-9-18(10-12-19)30-23-20(22(27-30)24(26)32)13-15-29(25(23)33)17-7-5-16(6-8-17)28-14-3-2-4-21(28)31/h5-12H,2-4,13-15H2,1H3,(H2,26,32)/i2D2,3D2,4D2,5D,6D,7D,8D,9D,10D,11D,12D,13D2,15D2. The summed E-state index contributed by atoms with van der Waals surface area (Å²) in [4.78, 5) is 40.2. The van der Waals surface area contributed by atoms with Crippen LogP contribution in [0.5, 0.6) is 5.75 Å². The molecule has 2 N–H and O–H groups in total. The number of nitrogens with zero attached hydrogens (tertiary/aromatic N) is 4. The minimum Gasteiger partial charge on any atom is -0.497 e. The molecule has 34 heavy (non-hydrogen) atoms. The molecule has 0 radical (unpaired) electrons. The van der Waals surface area contributed by atoms with E-state index >= 15 is 0 Å². The quantitative estimate of drug-likeness (QED) is 0.607. The minimum absolute atomic E-state index is 0.149. The number of carbonyl (C=O) groups is 3. The van der Waals surface area contributed by atoms with Crippen molar-refractivity contribution >= 4 is 29.1 Å². The molecular formula is C25H25N5O4. The van der Waals surface area contributed by atoms with Crippen molar-refractivity contribution in [2.75, 3.05) is 30.0 Å². The van der Waals surface area contributed by atoms with E-state index in [9.17, 15) is 14.4 Å². The molecule has 1 saturated heterocycles. The summed E-state index contributed by atoms with van der Waals surface area (Å²) in [5.74, 6) is -5.61. The second kappa shape index (κ2) is 8.66. The number of fused-ring (bicyclic) bond motifs is 1. The largest absolute Gasteiger partial charge is 0.497 e. The van der Waals surface area contributed by atoms with Gasteiger partial charge in [-0.25, -0.2) is 4.68 Å². The molecule has 0 aliphatic carbocycles. The van der Waals surface area contributed by atoms with E-state index in [-0.39, 0.29) is 9.80 Å². The third-order valence-electron chi connectivity index (χ3n) is 4.65. The van der Waals surface area contributed by atoms with Crippen LogP contribution >= 0.6 is 0 Å². The number of hydrogen-bond acceptors (Lipinski definition) is 5. The van der Waals surface area contributed by atoms with Gasteiger partial charge in [-0.15, -0.1) is 0 Å². The van der Waals surface area contributed by atoms with Gasteiger partial charge in [0.1, 0.15) is 11.4 Å². The molecule has 2 aliphatic rings. The van der Waals surface area contributed by atoms with Crippen molar-refractivity contribution in [3.8, 4) is 11.4 Å². The van der Waals surface area contributed by atoms with Gasteiger partial charge in [0, 0.05) is 47.3 Å². The number of nitrogens with two attached hydrogens (primary N) is 1. The Balaban J connectivity index is 1.84. The van der Waals surface area contributed by atoms with Crippen molar-refractivity contribution in [1.82, 2.24) is 9.78 Å². The van der Waals surface area contributed by atoms with Gasteiger partial charge in [0.15, 0.2) is 5.69 Å². The van der Waals surface area contributed by atoms with Gasteiger partial charge in [0.25, 0.3) is 11.8 Å². The maximum absolute atomic E-state index is 14.4. The van der Waals surface area contributed by atoms with E-state index in [4.69, 9.17) is 35.1 Å². The first-order chi connectivity index (χ1) is 23.6. The van der Waals surface area contributed by atoms with E-state index in [1.54, 1.807) is 0 Å². The third-order valence-corrected chi connectivity index (χ3v) is 4.65. The molecule has 0 unspecified atom stereocenters. The number of rotatable bonds is 5. The number of primary amides is 1. The smallest absolute Gasteiger partial charge is 0.277 e. The number of piperidine rings is 1. The second-order valence-electron chi connectivity index (χ2n) is 6.62. The molecule has 0 spiro atoms. The monoisotopic (exact) mass is 477 g/mol. The third kappa shape index (κ3) is 3.68. The van der Waals surface area contributed by atoms with Crippen molar-refractivity contribution in [1.29, 1.82) is 0 Å². The lowest BCUT2D eigenvalue weighted by atomic mass is 10.0. The summed E-state index contributed by atoms with van der Waals surface area (Å²) >= 11 is 0. The average molecular weight is 478 g/mol. The van der Waals surface area contributed by atoms with E-state index in [1.807, 2.05) is 0 Å². The zero-order chi connectivity index (χ0) is 39.7. The first-order valence-corrected chi connectivity index (χ1v) is 9.42. The lowest BCUT2D eigenvalue weighted by Gasteiger charge is -2.29. The number of hydrogen-bond donors (Lipinski definition) is 1. The lowest BCUT2D eigenvalue weighted by Crippen LogP contribution is -2.39. The Morgan fingerprint density at radius 1 is 1.00 bits per heavy atom. The summed E-state index contributed by atoms with van der Waals surface area (Å²) in [7, 11) is 1.04. The number of carbonyl (C=O) groups excluding carboxylic acids is 3. The van der Waals surface area contributed by atoms with E-state index in [1.165, 1.54) is 0 Å². The van der Waals surface area contributed by atoms with Gasteiger partial charge in [-0.05, 0) is 67.5 Å². The molecule has 0 bridgehead atoms. The van der Waals surface area contributed by atoms with Crippen LogP contribution < -0.4 is 20.3 Å². The summed E-state index contributed by atoms with van der Waals surface area (Å²) in [6.07, 6.45) is -13.8. The average Bonchev–Trinajstić information content (AvgIpc) is 3.44. The predicted octanol–water partition coefficient (Wildman–Crippen LogP) is 2.70. The highest BCUT2D eigenvalue weighted by atomic mass is 16.5. The zero-order valence-corrected chi connectivity index (χ0v) is 17.2. The molecule has 1 aromatic heterocycles. The molecule has 3 aromatic rings. The molecule has 174 valence electrons. The molecular weight excluding hydrogens is 434 g/mol. The molecule has 2 aromatic carbocycles. The van der Waals surface area contributed by atoms with Crippen LogP contribution in [0.2, 0.25) is 0 Å². The van der Waals surface area contributed by atoms with Crippen LogP contribution in [0, 0.1) is 0 Å². The Morgan fingerprint density at radius 2 is 1.65 bits per heavy atom. The maximum atomic E-state index is 14.4. The Kier molecular flexibility index (Phi) is 2.36. The zero-order valence-electron chi connectivity index (χ0n) is 35.2. The molecule has 1 fully saturated rings. The molecule has 9 heteroatoms. The summed E-state index contributed by atoms with van der Waals surface area (Å²) < 4.78 is 157. The van der Waals surface area contributed by atoms with E-state index in [2.05, 4.69) is 5.10 Å². The Hall–Kier alpha value is -4.14. The normalized spacial score (nSPS) is 31.0. The predicted molar refractivity (Wildman–Crippen MR) is 127 cm³/mol. The lowest BCUT2D eigenvalue weighted by molar-refractivity contribution is -0.119. The van der Waals surface area contributed by atoms with Crippen LogP contribution in [0.3, 0.4) is 0 Å². The first-order valence-electron chi connectivity index (χ1n) is 18.4. The van der Waals surface area contributed by atoms with E-state index in [0.717, 1.165) is 7.11 Å². The Morgan fingerprint density at radius 3 is 2.29 bits per heavy atom. The summed E-state index contributed by atoms with van der Waals surface area (Å²) in [6, 6.07) is -8.75. The first kappa shape index (κ1) is 9.25. The fourth-order valence-electron chi connectivity index (χ4n) is 3.08. The van der Waals surface area contributed by atoms with Crippen molar-refractivity contribution in [3.05, 3.63) is 65.3 Å². The number of anilines is 2. The van der Waals surface area contributed by atoms with Crippen molar-refractivity contribution < 1.29 is 43.8 Å². The maximum Gasteiger partial charge on any atom is 0.277 e. The molecule has 3 heterocycles. The summed E-state index contributed by atoms with van der Waals surface area (Å²) in [5.41, 5.74) is -1.14. The number of ether oxygens (including phenoxy) is 1. The van der Waals surface area contributed by atoms with Gasteiger partial charge in [-0.1, -0.05) is 0 Å². The fourth-order valence-corrected chi connectivity index (χ4v) is 3.08. The molecule has 9 nitrogen and oxygen atoms in total.